The maximum Gasteiger partial charge on any atom is 0.114 e. The Hall–Kier alpha value is -0.840. The van der Waals surface area contributed by atoms with Crippen LogP contribution in [0.1, 0.15) is 6.42 Å². The molecule has 10 heavy (non-hydrogen) atoms. The lowest BCUT2D eigenvalue weighted by molar-refractivity contribution is 0.270. The van der Waals surface area contributed by atoms with Crippen molar-refractivity contribution in [3.8, 4) is 6.07 Å². The first-order valence-corrected chi connectivity index (χ1v) is 3.55. The smallest absolute Gasteiger partial charge is 0.114 e. The highest BCUT2D eigenvalue weighted by Gasteiger charge is 2.45. The fourth-order valence-electron chi connectivity index (χ4n) is 1.92. The lowest BCUT2D eigenvalue weighted by atomic mass is 9.95. The van der Waals surface area contributed by atoms with E-state index in [0.717, 1.165) is 6.42 Å². The molecule has 0 unspecified atom stereocenters. The van der Waals surface area contributed by atoms with E-state index in [9.17, 15) is 4.39 Å². The molecule has 0 aromatic carbocycles. The van der Waals surface area contributed by atoms with E-state index in [1.807, 2.05) is 12.2 Å². The summed E-state index contributed by atoms with van der Waals surface area (Å²) in [5.41, 5.74) is 0. The first-order chi connectivity index (χ1) is 4.83. The molecule has 2 aliphatic rings. The highest BCUT2D eigenvalue weighted by atomic mass is 19.1. The third kappa shape index (κ3) is 0.553. The van der Waals surface area contributed by atoms with E-state index in [1.54, 1.807) is 0 Å². The Morgan fingerprint density at radius 1 is 1.50 bits per heavy atom. The number of nitrogens with zero attached hydrogens (tertiary/aromatic N) is 1. The van der Waals surface area contributed by atoms with Gasteiger partial charge in [0.05, 0.1) is 12.0 Å². The van der Waals surface area contributed by atoms with E-state index in [0.29, 0.717) is 0 Å². The summed E-state index contributed by atoms with van der Waals surface area (Å²) in [7, 11) is 0. The van der Waals surface area contributed by atoms with Crippen LogP contribution in [-0.4, -0.2) is 6.17 Å². The van der Waals surface area contributed by atoms with Gasteiger partial charge in [0.2, 0.25) is 0 Å². The standard InChI is InChI=1S/C8H8FN/c9-8-5-1-2-7(8)6(3-5)4-10/h1-2,5-8H,3H2/t5-,6-,7+,8-/m1/s1. The van der Waals surface area contributed by atoms with Crippen LogP contribution in [0, 0.1) is 29.1 Å². The fraction of sp³-hybridized carbons (Fsp3) is 0.625. The van der Waals surface area contributed by atoms with Gasteiger partial charge in [-0.15, -0.1) is 0 Å². The van der Waals surface area contributed by atoms with Crippen LogP contribution in [0.4, 0.5) is 4.39 Å². The second-order valence-electron chi connectivity index (χ2n) is 3.04. The van der Waals surface area contributed by atoms with Crippen LogP contribution in [0.15, 0.2) is 12.2 Å². The maximum absolute atomic E-state index is 13.0. The number of hydrogen-bond acceptors (Lipinski definition) is 1. The minimum absolute atomic E-state index is 0.0506. The van der Waals surface area contributed by atoms with Crippen LogP contribution in [0.2, 0.25) is 0 Å². The van der Waals surface area contributed by atoms with Crippen molar-refractivity contribution in [1.82, 2.24) is 0 Å². The topological polar surface area (TPSA) is 23.8 Å². The average molecular weight is 137 g/mol. The molecular formula is C8H8FN. The Morgan fingerprint density at radius 2 is 2.30 bits per heavy atom. The SMILES string of the molecule is N#C[C@H]1C[C@H]2C=C[C@@H]1[C@@H]2F. The van der Waals surface area contributed by atoms with Gasteiger partial charge in [-0.1, -0.05) is 12.2 Å². The molecule has 4 atom stereocenters. The van der Waals surface area contributed by atoms with Gasteiger partial charge in [-0.05, 0) is 6.42 Å². The van der Waals surface area contributed by atoms with Crippen molar-refractivity contribution in [2.75, 3.05) is 0 Å². The summed E-state index contributed by atoms with van der Waals surface area (Å²) in [5.74, 6) is -0.0883. The second-order valence-corrected chi connectivity index (χ2v) is 3.04. The summed E-state index contributed by atoms with van der Waals surface area (Å²) in [6.45, 7) is 0. The van der Waals surface area contributed by atoms with Gasteiger partial charge in [0, 0.05) is 11.8 Å². The number of hydrogen-bond donors (Lipinski definition) is 0. The largest absolute Gasteiger partial charge is 0.246 e. The van der Waals surface area contributed by atoms with Gasteiger partial charge in [0.25, 0.3) is 0 Å². The molecule has 0 spiro atoms. The molecule has 1 saturated carbocycles. The van der Waals surface area contributed by atoms with Crippen molar-refractivity contribution in [1.29, 1.82) is 5.26 Å². The summed E-state index contributed by atoms with van der Waals surface area (Å²) in [4.78, 5) is 0. The molecule has 52 valence electrons. The Bertz CT molecular complexity index is 216. The van der Waals surface area contributed by atoms with Gasteiger partial charge in [0.1, 0.15) is 6.17 Å². The lowest BCUT2D eigenvalue weighted by Crippen LogP contribution is -2.09. The van der Waals surface area contributed by atoms with E-state index >= 15 is 0 Å². The van der Waals surface area contributed by atoms with Crippen molar-refractivity contribution >= 4 is 0 Å². The highest BCUT2D eigenvalue weighted by Crippen LogP contribution is 2.44. The summed E-state index contributed by atoms with van der Waals surface area (Å²) in [6.07, 6.45) is 3.74. The van der Waals surface area contributed by atoms with E-state index in [1.165, 1.54) is 0 Å². The van der Waals surface area contributed by atoms with Gasteiger partial charge in [-0.3, -0.25) is 0 Å². The average Bonchev–Trinajstić information content (AvgIpc) is 2.46. The maximum atomic E-state index is 13.0. The molecule has 0 aromatic heterocycles. The van der Waals surface area contributed by atoms with E-state index < -0.39 is 6.17 Å². The summed E-state index contributed by atoms with van der Waals surface area (Å²) in [6, 6.07) is 2.13. The van der Waals surface area contributed by atoms with Gasteiger partial charge in [0.15, 0.2) is 0 Å². The zero-order valence-corrected chi connectivity index (χ0v) is 5.50. The van der Waals surface area contributed by atoms with Gasteiger partial charge in [-0.2, -0.15) is 5.26 Å². The van der Waals surface area contributed by atoms with Crippen LogP contribution in [0.5, 0.6) is 0 Å². The Morgan fingerprint density at radius 3 is 2.60 bits per heavy atom. The van der Waals surface area contributed by atoms with Gasteiger partial charge >= 0.3 is 0 Å². The Balaban J connectivity index is 2.25. The van der Waals surface area contributed by atoms with Crippen molar-refractivity contribution in [3.05, 3.63) is 12.2 Å². The normalized spacial score (nSPS) is 49.6. The summed E-state index contributed by atoms with van der Waals surface area (Å²) in [5, 5.41) is 8.56. The number of allylic oxidation sites excluding steroid dienone is 2. The Kier molecular flexibility index (Phi) is 1.08. The third-order valence-corrected chi connectivity index (χ3v) is 2.51. The first kappa shape index (κ1) is 5.91. The van der Waals surface area contributed by atoms with Gasteiger partial charge < -0.3 is 0 Å². The minimum Gasteiger partial charge on any atom is -0.246 e. The first-order valence-electron chi connectivity index (χ1n) is 3.55. The zero-order valence-electron chi connectivity index (χ0n) is 5.50. The molecule has 0 N–H and O–H groups in total. The predicted octanol–water partition coefficient (Wildman–Crippen LogP) is 1.67. The van der Waals surface area contributed by atoms with Crippen LogP contribution in [-0.2, 0) is 0 Å². The molecule has 2 heteroatoms. The molecule has 0 saturated heterocycles. The van der Waals surface area contributed by atoms with Crippen molar-refractivity contribution in [2.45, 2.75) is 12.6 Å². The van der Waals surface area contributed by atoms with E-state index in [-0.39, 0.29) is 17.8 Å². The number of rotatable bonds is 0. The predicted molar refractivity (Wildman–Crippen MR) is 34.7 cm³/mol. The molecule has 2 aliphatic carbocycles. The number of fused-ring (bicyclic) bond motifs is 2. The number of halogens is 1. The Labute approximate surface area is 59.2 Å². The third-order valence-electron chi connectivity index (χ3n) is 2.51. The van der Waals surface area contributed by atoms with Crippen molar-refractivity contribution in [3.63, 3.8) is 0 Å². The van der Waals surface area contributed by atoms with E-state index in [2.05, 4.69) is 6.07 Å². The van der Waals surface area contributed by atoms with Gasteiger partial charge in [-0.25, -0.2) is 4.39 Å². The molecule has 2 bridgehead atoms. The van der Waals surface area contributed by atoms with E-state index in [4.69, 9.17) is 5.26 Å². The van der Waals surface area contributed by atoms with Crippen molar-refractivity contribution < 1.29 is 4.39 Å². The molecule has 0 amide bonds. The van der Waals surface area contributed by atoms with Crippen LogP contribution in [0.3, 0.4) is 0 Å². The fourth-order valence-corrected chi connectivity index (χ4v) is 1.92. The molecule has 0 aliphatic heterocycles. The molecule has 1 nitrogen and oxygen atoms in total. The molecule has 0 radical (unpaired) electrons. The summed E-state index contributed by atoms with van der Waals surface area (Å²) >= 11 is 0. The molecule has 0 aromatic rings. The second kappa shape index (κ2) is 1.82. The van der Waals surface area contributed by atoms with Crippen molar-refractivity contribution in [2.24, 2.45) is 17.8 Å². The lowest BCUT2D eigenvalue weighted by Gasteiger charge is -2.06. The summed E-state index contributed by atoms with van der Waals surface area (Å²) < 4.78 is 13.0. The molecular weight excluding hydrogens is 129 g/mol. The molecule has 1 fully saturated rings. The zero-order chi connectivity index (χ0) is 7.14. The molecule has 2 rings (SSSR count). The van der Waals surface area contributed by atoms with Crippen LogP contribution < -0.4 is 0 Å². The minimum atomic E-state index is -0.760. The van der Waals surface area contributed by atoms with Crippen LogP contribution >= 0.6 is 0 Å². The monoisotopic (exact) mass is 137 g/mol. The highest BCUT2D eigenvalue weighted by molar-refractivity contribution is 5.19. The number of nitriles is 1. The molecule has 0 heterocycles. The van der Waals surface area contributed by atoms with Crippen LogP contribution in [0.25, 0.3) is 0 Å². The quantitative estimate of drug-likeness (QED) is 0.466. The number of alkyl halides is 1.